The van der Waals surface area contributed by atoms with Crippen molar-refractivity contribution in [1.82, 2.24) is 0 Å². The Hall–Kier alpha value is -3.62. The summed E-state index contributed by atoms with van der Waals surface area (Å²) in [5, 5.41) is 20.6. The molecule has 2 aromatic rings. The average molecular weight is 541 g/mol. The number of hydrogen-bond acceptors (Lipinski definition) is 8. The maximum atomic E-state index is 11.6. The molecule has 0 radical (unpaired) electrons. The molecule has 2 unspecified atom stereocenters. The van der Waals surface area contributed by atoms with Gasteiger partial charge in [-0.2, -0.15) is 0 Å². The van der Waals surface area contributed by atoms with Crippen molar-refractivity contribution in [2.24, 2.45) is 0 Å². The maximum Gasteiger partial charge on any atom is 0.333 e. The van der Waals surface area contributed by atoms with Crippen molar-refractivity contribution in [1.29, 1.82) is 0 Å². The van der Waals surface area contributed by atoms with Gasteiger partial charge in [0.2, 0.25) is 0 Å². The van der Waals surface area contributed by atoms with Crippen molar-refractivity contribution < 1.29 is 38.7 Å². The highest BCUT2D eigenvalue weighted by Crippen LogP contribution is 2.33. The number of esters is 2. The SMILES string of the molecule is C=C(C)C(=O)OCC(O)COc1c(C)cc(C)cc1Cc1cc(C)cc(C)c1OCC(O)COC(=O)C(=C)C. The van der Waals surface area contributed by atoms with E-state index in [0.717, 1.165) is 33.4 Å². The molecule has 0 fully saturated rings. The fourth-order valence-corrected chi connectivity index (χ4v) is 4.01. The van der Waals surface area contributed by atoms with Crippen LogP contribution in [0.15, 0.2) is 48.6 Å². The molecule has 0 aliphatic carbocycles. The molecule has 212 valence electrons. The molecular weight excluding hydrogens is 500 g/mol. The Balaban J connectivity index is 2.21. The first kappa shape index (κ1) is 31.6. The molecule has 2 N–H and O–H groups in total. The second-order valence-electron chi connectivity index (χ2n) is 10.0. The van der Waals surface area contributed by atoms with Crippen molar-refractivity contribution in [3.8, 4) is 11.5 Å². The van der Waals surface area contributed by atoms with Crippen molar-refractivity contribution in [3.63, 3.8) is 0 Å². The molecule has 0 aliphatic rings. The van der Waals surface area contributed by atoms with E-state index in [1.165, 1.54) is 13.8 Å². The number of aryl methyl sites for hydroxylation is 4. The zero-order valence-electron chi connectivity index (χ0n) is 23.8. The van der Waals surface area contributed by atoms with E-state index in [1.807, 2.05) is 52.0 Å². The van der Waals surface area contributed by atoms with Crippen LogP contribution < -0.4 is 9.47 Å². The van der Waals surface area contributed by atoms with Crippen LogP contribution in [0.2, 0.25) is 0 Å². The van der Waals surface area contributed by atoms with E-state index in [1.54, 1.807) is 0 Å². The molecule has 2 aromatic carbocycles. The zero-order chi connectivity index (χ0) is 29.3. The minimum atomic E-state index is -1.01. The summed E-state index contributed by atoms with van der Waals surface area (Å²) in [7, 11) is 0. The predicted octanol–water partition coefficient (Wildman–Crippen LogP) is 4.23. The molecule has 2 rings (SSSR count). The lowest BCUT2D eigenvalue weighted by Gasteiger charge is -2.21. The lowest BCUT2D eigenvalue weighted by atomic mass is 9.96. The Morgan fingerprint density at radius 1 is 0.692 bits per heavy atom. The smallest absolute Gasteiger partial charge is 0.333 e. The molecule has 0 saturated heterocycles. The van der Waals surface area contributed by atoms with Gasteiger partial charge in [-0.05, 0) is 63.8 Å². The lowest BCUT2D eigenvalue weighted by molar-refractivity contribution is -0.143. The van der Waals surface area contributed by atoms with E-state index in [-0.39, 0.29) is 37.6 Å². The lowest BCUT2D eigenvalue weighted by Crippen LogP contribution is -2.26. The van der Waals surface area contributed by atoms with Gasteiger partial charge in [-0.3, -0.25) is 0 Å². The molecule has 2 atom stereocenters. The van der Waals surface area contributed by atoms with E-state index in [4.69, 9.17) is 18.9 Å². The van der Waals surface area contributed by atoms with Crippen molar-refractivity contribution in [2.45, 2.75) is 60.2 Å². The van der Waals surface area contributed by atoms with Crippen LogP contribution in [0.1, 0.15) is 47.2 Å². The predicted molar refractivity (Wildman–Crippen MR) is 149 cm³/mol. The van der Waals surface area contributed by atoms with Gasteiger partial charge in [-0.1, -0.05) is 48.6 Å². The van der Waals surface area contributed by atoms with Crippen LogP contribution in [0, 0.1) is 27.7 Å². The van der Waals surface area contributed by atoms with Crippen molar-refractivity contribution in [2.75, 3.05) is 26.4 Å². The second-order valence-corrected chi connectivity index (χ2v) is 10.0. The summed E-state index contributed by atoms with van der Waals surface area (Å²) in [5.41, 5.74) is 6.20. The monoisotopic (exact) mass is 540 g/mol. The first-order valence-corrected chi connectivity index (χ1v) is 12.8. The molecule has 39 heavy (non-hydrogen) atoms. The third-order valence-electron chi connectivity index (χ3n) is 5.72. The van der Waals surface area contributed by atoms with Crippen LogP contribution in [0.25, 0.3) is 0 Å². The number of ether oxygens (including phenoxy) is 4. The highest BCUT2D eigenvalue weighted by molar-refractivity contribution is 5.87. The van der Waals surface area contributed by atoms with Crippen molar-refractivity contribution in [3.05, 3.63) is 82.0 Å². The topological polar surface area (TPSA) is 112 Å². The summed E-state index contributed by atoms with van der Waals surface area (Å²) in [6, 6.07) is 8.02. The first-order chi connectivity index (χ1) is 18.3. The van der Waals surface area contributed by atoms with Crippen LogP contribution in [-0.2, 0) is 25.5 Å². The van der Waals surface area contributed by atoms with Gasteiger partial charge in [0, 0.05) is 17.6 Å². The number of rotatable bonds is 14. The van der Waals surface area contributed by atoms with Gasteiger partial charge in [-0.25, -0.2) is 9.59 Å². The summed E-state index contributed by atoms with van der Waals surface area (Å²) >= 11 is 0. The number of benzene rings is 2. The Morgan fingerprint density at radius 2 is 1.05 bits per heavy atom. The van der Waals surface area contributed by atoms with Gasteiger partial charge in [0.15, 0.2) is 0 Å². The molecule has 0 aromatic heterocycles. The first-order valence-electron chi connectivity index (χ1n) is 12.8. The van der Waals surface area contributed by atoms with Gasteiger partial charge in [-0.15, -0.1) is 0 Å². The Bertz CT molecular complexity index is 1120. The summed E-state index contributed by atoms with van der Waals surface area (Å²) in [6.07, 6.45) is -1.55. The molecule has 8 nitrogen and oxygen atoms in total. The summed E-state index contributed by atoms with van der Waals surface area (Å²) in [4.78, 5) is 23.2. The maximum absolute atomic E-state index is 11.6. The zero-order valence-corrected chi connectivity index (χ0v) is 23.8. The highest BCUT2D eigenvalue weighted by Gasteiger charge is 2.18. The fraction of sp³-hybridized carbons (Fsp3) is 0.419. The molecular formula is C31H40O8. The number of aliphatic hydroxyl groups excluding tert-OH is 2. The minimum Gasteiger partial charge on any atom is -0.490 e. The van der Waals surface area contributed by atoms with Crippen LogP contribution in [0.5, 0.6) is 11.5 Å². The third-order valence-corrected chi connectivity index (χ3v) is 5.72. The van der Waals surface area contributed by atoms with E-state index in [0.29, 0.717) is 17.9 Å². The standard InChI is InChI=1S/C31H40O8/c1-18(2)30(34)38-16-26(32)14-36-28-22(7)9-20(5)11-24(28)13-25-12-21(6)10-23(8)29(25)37-15-27(33)17-39-31(35)19(3)4/h9-12,26-27,32-33H,1,3,13-17H2,2,4-8H3. The minimum absolute atomic E-state index is 0.0638. The molecule has 0 heterocycles. The van der Waals surface area contributed by atoms with Gasteiger partial charge in [0.25, 0.3) is 0 Å². The number of carbonyl (C=O) groups is 2. The number of hydrogen-bond donors (Lipinski definition) is 2. The van der Waals surface area contributed by atoms with Crippen LogP contribution >= 0.6 is 0 Å². The largest absolute Gasteiger partial charge is 0.490 e. The third kappa shape index (κ3) is 9.89. The van der Waals surface area contributed by atoms with Crippen molar-refractivity contribution >= 4 is 11.9 Å². The average Bonchev–Trinajstić information content (AvgIpc) is 2.84. The molecule has 0 aliphatic heterocycles. The second kappa shape index (κ2) is 14.5. The Morgan fingerprint density at radius 3 is 1.38 bits per heavy atom. The summed E-state index contributed by atoms with van der Waals surface area (Å²) in [5.74, 6) is 0.121. The molecule has 0 saturated carbocycles. The number of carbonyl (C=O) groups excluding carboxylic acids is 2. The molecule has 8 heteroatoms. The van der Waals surface area contributed by atoms with E-state index in [2.05, 4.69) is 13.2 Å². The van der Waals surface area contributed by atoms with Gasteiger partial charge in [0.05, 0.1) is 0 Å². The van der Waals surface area contributed by atoms with Gasteiger partial charge < -0.3 is 29.2 Å². The molecule has 0 spiro atoms. The highest BCUT2D eigenvalue weighted by atomic mass is 16.6. The fourth-order valence-electron chi connectivity index (χ4n) is 4.01. The van der Waals surface area contributed by atoms with E-state index < -0.39 is 24.1 Å². The van der Waals surface area contributed by atoms with Crippen LogP contribution in [0.4, 0.5) is 0 Å². The number of aliphatic hydroxyl groups is 2. The molecule has 0 bridgehead atoms. The quantitative estimate of drug-likeness (QED) is 0.271. The molecule has 0 amide bonds. The van der Waals surface area contributed by atoms with Crippen LogP contribution in [0.3, 0.4) is 0 Å². The summed E-state index contributed by atoms with van der Waals surface area (Å²) in [6.45, 7) is 17.4. The van der Waals surface area contributed by atoms with Gasteiger partial charge in [0.1, 0.15) is 50.1 Å². The van der Waals surface area contributed by atoms with E-state index in [9.17, 15) is 19.8 Å². The van der Waals surface area contributed by atoms with E-state index >= 15 is 0 Å². The Labute approximate surface area is 230 Å². The summed E-state index contributed by atoms with van der Waals surface area (Å²) < 4.78 is 22.1. The van der Waals surface area contributed by atoms with Crippen LogP contribution in [-0.4, -0.2) is 60.8 Å². The normalized spacial score (nSPS) is 12.3. The van der Waals surface area contributed by atoms with Gasteiger partial charge >= 0.3 is 11.9 Å². The Kier molecular flexibility index (Phi) is 11.8.